The molecule has 0 aromatic heterocycles. The zero-order chi connectivity index (χ0) is 13.8. The van der Waals surface area contributed by atoms with Crippen LogP contribution in [0.25, 0.3) is 0 Å². The average Bonchev–Trinajstić information content (AvgIpc) is 2.43. The maximum absolute atomic E-state index is 11.9. The molecule has 0 fully saturated rings. The van der Waals surface area contributed by atoms with Crippen molar-refractivity contribution in [3.63, 3.8) is 0 Å². The van der Waals surface area contributed by atoms with Crippen molar-refractivity contribution >= 4 is 11.9 Å². The smallest absolute Gasteiger partial charge is 0.328 e. The number of aliphatic hydroxyl groups excluding tert-OH is 1. The van der Waals surface area contributed by atoms with Gasteiger partial charge in [-0.15, -0.1) is 0 Å². The summed E-state index contributed by atoms with van der Waals surface area (Å²) in [7, 11) is 0. The van der Waals surface area contributed by atoms with Crippen molar-refractivity contribution in [1.82, 2.24) is 10.6 Å². The lowest BCUT2D eigenvalue weighted by Crippen LogP contribution is -2.43. The van der Waals surface area contributed by atoms with Crippen molar-refractivity contribution in [2.75, 3.05) is 13.2 Å². The molecular formula is C13H16N2O4. The summed E-state index contributed by atoms with van der Waals surface area (Å²) in [5, 5.41) is 23.1. The number of amides is 1. The van der Waals surface area contributed by atoms with Gasteiger partial charge >= 0.3 is 5.97 Å². The molecule has 4 N–H and O–H groups in total. The van der Waals surface area contributed by atoms with Crippen molar-refractivity contribution in [3.05, 3.63) is 34.9 Å². The lowest BCUT2D eigenvalue weighted by molar-refractivity contribution is -0.140. The van der Waals surface area contributed by atoms with Crippen molar-refractivity contribution in [2.45, 2.75) is 19.0 Å². The standard InChI is InChI=1S/C13H16N2O4/c16-7-11(13(18)19)15-12(17)9-2-1-8-3-4-14-6-10(8)5-9/h1-2,5,11,14,16H,3-4,6-7H2,(H,15,17)(H,18,19)/t11-/m0/s1. The molecule has 6 heteroatoms. The van der Waals surface area contributed by atoms with E-state index < -0.39 is 24.5 Å². The Bertz CT molecular complexity index is 501. The molecule has 1 amide bonds. The van der Waals surface area contributed by atoms with Gasteiger partial charge in [0.1, 0.15) is 0 Å². The van der Waals surface area contributed by atoms with E-state index >= 15 is 0 Å². The number of carboxylic acid groups (broad SMARTS) is 1. The minimum absolute atomic E-state index is 0.405. The first kappa shape index (κ1) is 13.5. The molecule has 0 saturated heterocycles. The Morgan fingerprint density at radius 1 is 1.37 bits per heavy atom. The molecule has 1 aliphatic heterocycles. The highest BCUT2D eigenvalue weighted by Gasteiger charge is 2.20. The van der Waals surface area contributed by atoms with Gasteiger partial charge in [-0.1, -0.05) is 6.07 Å². The van der Waals surface area contributed by atoms with Crippen LogP contribution in [0, 0.1) is 0 Å². The Kier molecular flexibility index (Phi) is 4.13. The highest BCUT2D eigenvalue weighted by Crippen LogP contribution is 2.15. The van der Waals surface area contributed by atoms with Gasteiger partial charge < -0.3 is 20.8 Å². The van der Waals surface area contributed by atoms with E-state index in [0.29, 0.717) is 12.1 Å². The molecule has 0 unspecified atom stereocenters. The van der Waals surface area contributed by atoms with Crippen LogP contribution in [-0.4, -0.2) is 41.3 Å². The molecule has 0 spiro atoms. The van der Waals surface area contributed by atoms with Gasteiger partial charge in [0, 0.05) is 12.1 Å². The number of benzene rings is 1. The number of hydrogen-bond donors (Lipinski definition) is 4. The molecule has 1 atom stereocenters. The maximum atomic E-state index is 11.9. The van der Waals surface area contributed by atoms with Crippen LogP contribution in [0.5, 0.6) is 0 Å². The number of rotatable bonds is 4. The molecule has 0 radical (unpaired) electrons. The molecule has 6 nitrogen and oxygen atoms in total. The second-order valence-corrected chi connectivity index (χ2v) is 4.46. The predicted octanol–water partition coefficient (Wildman–Crippen LogP) is -0.492. The zero-order valence-electron chi connectivity index (χ0n) is 10.3. The van der Waals surface area contributed by atoms with E-state index in [2.05, 4.69) is 10.6 Å². The van der Waals surface area contributed by atoms with Gasteiger partial charge in [0.2, 0.25) is 0 Å². The van der Waals surface area contributed by atoms with Crippen LogP contribution in [0.15, 0.2) is 18.2 Å². The third-order valence-corrected chi connectivity index (χ3v) is 3.14. The first-order valence-corrected chi connectivity index (χ1v) is 6.09. The third-order valence-electron chi connectivity index (χ3n) is 3.14. The fourth-order valence-corrected chi connectivity index (χ4v) is 2.05. The fraction of sp³-hybridized carbons (Fsp3) is 0.385. The number of aliphatic carboxylic acids is 1. The van der Waals surface area contributed by atoms with Gasteiger partial charge in [0.05, 0.1) is 6.61 Å². The van der Waals surface area contributed by atoms with E-state index in [4.69, 9.17) is 10.2 Å². The van der Waals surface area contributed by atoms with Crippen molar-refractivity contribution in [3.8, 4) is 0 Å². The lowest BCUT2D eigenvalue weighted by atomic mass is 9.98. The summed E-state index contributed by atoms with van der Waals surface area (Å²) in [5.41, 5.74) is 2.66. The number of fused-ring (bicyclic) bond motifs is 1. The van der Waals surface area contributed by atoms with Crippen LogP contribution >= 0.6 is 0 Å². The number of nitrogens with one attached hydrogen (secondary N) is 2. The molecule has 0 saturated carbocycles. The SMILES string of the molecule is O=C(N[C@@H](CO)C(=O)O)c1ccc2c(c1)CNCC2. The number of aliphatic hydroxyl groups is 1. The second-order valence-electron chi connectivity index (χ2n) is 4.46. The van der Waals surface area contributed by atoms with Gasteiger partial charge in [-0.2, -0.15) is 0 Å². The van der Waals surface area contributed by atoms with E-state index in [0.717, 1.165) is 18.5 Å². The van der Waals surface area contributed by atoms with Crippen LogP contribution in [0.3, 0.4) is 0 Å². The predicted molar refractivity (Wildman–Crippen MR) is 67.8 cm³/mol. The summed E-state index contributed by atoms with van der Waals surface area (Å²) in [6, 6.07) is 4.05. The number of carboxylic acids is 1. The van der Waals surface area contributed by atoms with E-state index in [1.165, 1.54) is 5.56 Å². The minimum atomic E-state index is -1.28. The molecule has 1 heterocycles. The van der Waals surface area contributed by atoms with Crippen molar-refractivity contribution in [2.24, 2.45) is 0 Å². The summed E-state index contributed by atoms with van der Waals surface area (Å²) >= 11 is 0. The maximum Gasteiger partial charge on any atom is 0.328 e. The van der Waals surface area contributed by atoms with Gasteiger partial charge in [-0.25, -0.2) is 4.79 Å². The molecule has 1 aliphatic rings. The van der Waals surface area contributed by atoms with Crippen LogP contribution in [-0.2, 0) is 17.8 Å². The van der Waals surface area contributed by atoms with Gasteiger partial charge in [0.15, 0.2) is 6.04 Å². The summed E-state index contributed by atoms with van der Waals surface area (Å²) in [4.78, 5) is 22.6. The van der Waals surface area contributed by atoms with Crippen LogP contribution < -0.4 is 10.6 Å². The lowest BCUT2D eigenvalue weighted by Gasteiger charge is -2.18. The Morgan fingerprint density at radius 2 is 2.16 bits per heavy atom. The quantitative estimate of drug-likeness (QED) is 0.588. The molecule has 2 rings (SSSR count). The largest absolute Gasteiger partial charge is 0.480 e. The van der Waals surface area contributed by atoms with Gasteiger partial charge in [0.25, 0.3) is 5.91 Å². The number of hydrogen-bond acceptors (Lipinski definition) is 4. The Morgan fingerprint density at radius 3 is 2.84 bits per heavy atom. The number of carbonyl (C=O) groups is 2. The molecule has 1 aromatic rings. The summed E-state index contributed by atoms with van der Waals surface area (Å²) in [5.74, 6) is -1.75. The normalized spacial score (nSPS) is 15.4. The molecule has 102 valence electrons. The molecule has 19 heavy (non-hydrogen) atoms. The summed E-state index contributed by atoms with van der Waals surface area (Å²) in [6.45, 7) is 0.997. The van der Waals surface area contributed by atoms with Crippen LogP contribution in [0.4, 0.5) is 0 Å². The third kappa shape index (κ3) is 3.10. The van der Waals surface area contributed by atoms with Gasteiger partial charge in [-0.3, -0.25) is 4.79 Å². The average molecular weight is 264 g/mol. The minimum Gasteiger partial charge on any atom is -0.480 e. The number of carbonyl (C=O) groups excluding carboxylic acids is 1. The first-order valence-electron chi connectivity index (χ1n) is 6.09. The zero-order valence-corrected chi connectivity index (χ0v) is 10.3. The van der Waals surface area contributed by atoms with E-state index in [9.17, 15) is 9.59 Å². The Hall–Kier alpha value is -1.92. The van der Waals surface area contributed by atoms with Crippen LogP contribution in [0.2, 0.25) is 0 Å². The van der Waals surface area contributed by atoms with E-state index in [1.54, 1.807) is 12.1 Å². The molecular weight excluding hydrogens is 248 g/mol. The first-order chi connectivity index (χ1) is 9.11. The monoisotopic (exact) mass is 264 g/mol. The summed E-state index contributed by atoms with van der Waals surface area (Å²) in [6.07, 6.45) is 0.922. The Labute approximate surface area is 110 Å². The van der Waals surface area contributed by atoms with Crippen molar-refractivity contribution < 1.29 is 19.8 Å². The van der Waals surface area contributed by atoms with Crippen molar-refractivity contribution in [1.29, 1.82) is 0 Å². The van der Waals surface area contributed by atoms with Crippen LogP contribution in [0.1, 0.15) is 21.5 Å². The fourth-order valence-electron chi connectivity index (χ4n) is 2.05. The molecule has 1 aromatic carbocycles. The van der Waals surface area contributed by atoms with Gasteiger partial charge in [-0.05, 0) is 36.2 Å². The Balaban J connectivity index is 2.13. The summed E-state index contributed by atoms with van der Waals surface area (Å²) < 4.78 is 0. The topological polar surface area (TPSA) is 98.7 Å². The van der Waals surface area contributed by atoms with E-state index in [-0.39, 0.29) is 0 Å². The second kappa shape index (κ2) is 5.81. The van der Waals surface area contributed by atoms with E-state index in [1.807, 2.05) is 6.07 Å². The molecule has 0 aliphatic carbocycles. The molecule has 0 bridgehead atoms. The highest BCUT2D eigenvalue weighted by atomic mass is 16.4. The highest BCUT2D eigenvalue weighted by molar-refractivity contribution is 5.96.